The molecule has 0 saturated heterocycles. The molecule has 0 fully saturated rings. The minimum Gasteiger partial charge on any atom is -0.463 e. The van der Waals surface area contributed by atoms with E-state index in [-0.39, 0.29) is 5.97 Å². The Morgan fingerprint density at radius 1 is 1.77 bits per heavy atom. The van der Waals surface area contributed by atoms with Crippen molar-refractivity contribution in [3.05, 3.63) is 24.0 Å². The number of hydrogen-bond acceptors (Lipinski definition) is 3. The smallest absolute Gasteiger partial charge is 0.330 e. The van der Waals surface area contributed by atoms with Crippen LogP contribution in [0.3, 0.4) is 0 Å². The fraction of sp³-hybridized carbons (Fsp3) is 0.333. The maximum Gasteiger partial charge on any atom is 0.330 e. The Morgan fingerprint density at radius 2 is 2.54 bits per heavy atom. The zero-order chi connectivity index (χ0) is 9.68. The highest BCUT2D eigenvalue weighted by molar-refractivity contribution is 5.86. The molecule has 70 valence electrons. The lowest BCUT2D eigenvalue weighted by molar-refractivity contribution is -0.137. The van der Waals surface area contributed by atoms with Crippen molar-refractivity contribution in [2.24, 2.45) is 7.05 Å². The number of aryl methyl sites for hydroxylation is 1. The van der Waals surface area contributed by atoms with Crippen LogP contribution in [-0.2, 0) is 16.6 Å². The maximum atomic E-state index is 10.9. The highest BCUT2D eigenvalue weighted by Crippen LogP contribution is 1.99. The Hall–Kier alpha value is -1.58. The predicted molar refractivity (Wildman–Crippen MR) is 48.9 cm³/mol. The molecule has 0 aromatic carbocycles. The van der Waals surface area contributed by atoms with Gasteiger partial charge < -0.3 is 4.74 Å². The molecule has 0 atom stereocenters. The second kappa shape index (κ2) is 4.45. The van der Waals surface area contributed by atoms with Gasteiger partial charge in [0.2, 0.25) is 0 Å². The SMILES string of the molecule is CCOC(=O)C=Cc1ccnn1C. The number of ether oxygens (including phenoxy) is 1. The first-order valence-electron chi connectivity index (χ1n) is 4.07. The normalized spacial score (nSPS) is 10.6. The first-order valence-corrected chi connectivity index (χ1v) is 4.07. The molecule has 0 bridgehead atoms. The van der Waals surface area contributed by atoms with Crippen LogP contribution in [0.1, 0.15) is 12.6 Å². The van der Waals surface area contributed by atoms with Gasteiger partial charge >= 0.3 is 5.97 Å². The summed E-state index contributed by atoms with van der Waals surface area (Å²) < 4.78 is 6.40. The van der Waals surface area contributed by atoms with Crippen molar-refractivity contribution in [3.8, 4) is 0 Å². The zero-order valence-electron chi connectivity index (χ0n) is 7.73. The molecule has 4 nitrogen and oxygen atoms in total. The van der Waals surface area contributed by atoms with Gasteiger partial charge in [0.15, 0.2) is 0 Å². The number of nitrogens with zero attached hydrogens (tertiary/aromatic N) is 2. The highest BCUT2D eigenvalue weighted by atomic mass is 16.5. The third-order valence-corrected chi connectivity index (χ3v) is 1.54. The van der Waals surface area contributed by atoms with Gasteiger partial charge in [0.1, 0.15) is 0 Å². The van der Waals surface area contributed by atoms with Crippen LogP contribution in [-0.4, -0.2) is 22.4 Å². The molecular weight excluding hydrogens is 168 g/mol. The summed E-state index contributed by atoms with van der Waals surface area (Å²) in [6.07, 6.45) is 4.73. The van der Waals surface area contributed by atoms with Gasteiger partial charge in [-0.05, 0) is 19.1 Å². The molecule has 0 aliphatic heterocycles. The van der Waals surface area contributed by atoms with Crippen LogP contribution in [0.2, 0.25) is 0 Å². The lowest BCUT2D eigenvalue weighted by Crippen LogP contribution is -1.99. The van der Waals surface area contributed by atoms with E-state index < -0.39 is 0 Å². The summed E-state index contributed by atoms with van der Waals surface area (Å²) in [6.45, 7) is 2.17. The minimum atomic E-state index is -0.330. The zero-order valence-corrected chi connectivity index (χ0v) is 7.73. The molecule has 1 heterocycles. The predicted octanol–water partition coefficient (Wildman–Crippen LogP) is 0.996. The van der Waals surface area contributed by atoms with E-state index in [1.54, 1.807) is 23.9 Å². The second-order valence-electron chi connectivity index (χ2n) is 2.47. The summed E-state index contributed by atoms with van der Waals surface area (Å²) in [5.74, 6) is -0.330. The van der Waals surface area contributed by atoms with E-state index in [4.69, 9.17) is 4.74 Å². The average molecular weight is 180 g/mol. The van der Waals surface area contributed by atoms with Crippen molar-refractivity contribution >= 4 is 12.0 Å². The van der Waals surface area contributed by atoms with Gasteiger partial charge in [0.05, 0.1) is 12.3 Å². The monoisotopic (exact) mass is 180 g/mol. The number of hydrogen-bond donors (Lipinski definition) is 0. The molecule has 0 spiro atoms. The van der Waals surface area contributed by atoms with Crippen molar-refractivity contribution in [1.82, 2.24) is 9.78 Å². The van der Waals surface area contributed by atoms with Crippen LogP contribution in [0.15, 0.2) is 18.3 Å². The quantitative estimate of drug-likeness (QED) is 0.514. The van der Waals surface area contributed by atoms with E-state index >= 15 is 0 Å². The molecule has 0 N–H and O–H groups in total. The second-order valence-corrected chi connectivity index (χ2v) is 2.47. The Labute approximate surface area is 76.8 Å². The molecule has 4 heteroatoms. The van der Waals surface area contributed by atoms with Gasteiger partial charge in [0.25, 0.3) is 0 Å². The van der Waals surface area contributed by atoms with Crippen molar-refractivity contribution in [2.45, 2.75) is 6.92 Å². The van der Waals surface area contributed by atoms with Crippen molar-refractivity contribution < 1.29 is 9.53 Å². The van der Waals surface area contributed by atoms with Crippen LogP contribution in [0.25, 0.3) is 6.08 Å². The van der Waals surface area contributed by atoms with Crippen LogP contribution in [0, 0.1) is 0 Å². The molecule has 0 unspecified atom stereocenters. The summed E-state index contributed by atoms with van der Waals surface area (Å²) >= 11 is 0. The molecule has 0 saturated carbocycles. The van der Waals surface area contributed by atoms with Crippen LogP contribution < -0.4 is 0 Å². The summed E-state index contributed by atoms with van der Waals surface area (Å²) in [6, 6.07) is 1.82. The molecular formula is C9H12N2O2. The van der Waals surface area contributed by atoms with Gasteiger partial charge in [-0.25, -0.2) is 4.79 Å². The fourth-order valence-electron chi connectivity index (χ4n) is 0.891. The third kappa shape index (κ3) is 2.74. The largest absolute Gasteiger partial charge is 0.463 e. The molecule has 1 rings (SSSR count). The number of esters is 1. The summed E-state index contributed by atoms with van der Waals surface area (Å²) in [5.41, 5.74) is 0.869. The standard InChI is InChI=1S/C9H12N2O2/c1-3-13-9(12)5-4-8-6-7-10-11(8)2/h4-7H,3H2,1-2H3. The van der Waals surface area contributed by atoms with Gasteiger partial charge in [-0.1, -0.05) is 0 Å². The van der Waals surface area contributed by atoms with E-state index in [1.807, 2.05) is 13.1 Å². The fourth-order valence-corrected chi connectivity index (χ4v) is 0.891. The van der Waals surface area contributed by atoms with Crippen LogP contribution >= 0.6 is 0 Å². The summed E-state index contributed by atoms with van der Waals surface area (Å²) in [5, 5.41) is 3.95. The van der Waals surface area contributed by atoms with Crippen molar-refractivity contribution in [3.63, 3.8) is 0 Å². The van der Waals surface area contributed by atoms with Crippen molar-refractivity contribution in [1.29, 1.82) is 0 Å². The van der Waals surface area contributed by atoms with E-state index in [2.05, 4.69) is 5.10 Å². The lowest BCUT2D eigenvalue weighted by Gasteiger charge is -1.95. The number of aromatic nitrogens is 2. The molecule has 0 radical (unpaired) electrons. The van der Waals surface area contributed by atoms with Gasteiger partial charge in [-0.15, -0.1) is 0 Å². The Kier molecular flexibility index (Phi) is 3.25. The van der Waals surface area contributed by atoms with E-state index in [9.17, 15) is 4.79 Å². The van der Waals surface area contributed by atoms with E-state index in [0.29, 0.717) is 6.61 Å². The summed E-state index contributed by atoms with van der Waals surface area (Å²) in [7, 11) is 1.81. The van der Waals surface area contributed by atoms with E-state index in [1.165, 1.54) is 6.08 Å². The molecule has 1 aromatic rings. The molecule has 0 aliphatic carbocycles. The van der Waals surface area contributed by atoms with Crippen molar-refractivity contribution in [2.75, 3.05) is 6.61 Å². The first-order chi connectivity index (χ1) is 6.24. The van der Waals surface area contributed by atoms with Gasteiger partial charge in [-0.3, -0.25) is 4.68 Å². The molecule has 0 amide bonds. The minimum absolute atomic E-state index is 0.330. The summed E-state index contributed by atoms with van der Waals surface area (Å²) in [4.78, 5) is 10.9. The Balaban J connectivity index is 2.58. The van der Waals surface area contributed by atoms with E-state index in [0.717, 1.165) is 5.69 Å². The number of carbonyl (C=O) groups is 1. The molecule has 13 heavy (non-hydrogen) atoms. The van der Waals surface area contributed by atoms with Crippen LogP contribution in [0.5, 0.6) is 0 Å². The maximum absolute atomic E-state index is 10.9. The number of carbonyl (C=O) groups excluding carboxylic acids is 1. The number of rotatable bonds is 3. The lowest BCUT2D eigenvalue weighted by atomic mass is 10.4. The average Bonchev–Trinajstić information content (AvgIpc) is 2.48. The highest BCUT2D eigenvalue weighted by Gasteiger charge is 1.95. The third-order valence-electron chi connectivity index (χ3n) is 1.54. The van der Waals surface area contributed by atoms with Gasteiger partial charge in [-0.2, -0.15) is 5.10 Å². The topological polar surface area (TPSA) is 44.1 Å². The van der Waals surface area contributed by atoms with Crippen LogP contribution in [0.4, 0.5) is 0 Å². The van der Waals surface area contributed by atoms with Gasteiger partial charge in [0, 0.05) is 19.3 Å². The first kappa shape index (κ1) is 9.51. The molecule has 0 aliphatic rings. The Morgan fingerprint density at radius 3 is 3.08 bits per heavy atom. The molecule has 1 aromatic heterocycles. The Bertz CT molecular complexity index is 315.